The number of aryl methyl sites for hydroxylation is 1. The van der Waals surface area contributed by atoms with Crippen molar-refractivity contribution in [3.8, 4) is 0 Å². The second kappa shape index (κ2) is 11.6. The number of nitrogens with two attached hydrogens (primary N) is 2. The molecule has 4 N–H and O–H groups in total. The monoisotopic (exact) mass is 440 g/mol. The summed E-state index contributed by atoms with van der Waals surface area (Å²) in [7, 11) is 3.74. The Labute approximate surface area is 191 Å². The van der Waals surface area contributed by atoms with E-state index in [1.165, 1.54) is 18.3 Å². The van der Waals surface area contributed by atoms with Crippen LogP contribution in [0.15, 0.2) is 53.8 Å². The van der Waals surface area contributed by atoms with Gasteiger partial charge in [0.2, 0.25) is 0 Å². The van der Waals surface area contributed by atoms with Gasteiger partial charge in [0, 0.05) is 50.6 Å². The van der Waals surface area contributed by atoms with Gasteiger partial charge < -0.3 is 20.9 Å². The highest BCUT2D eigenvalue weighted by Crippen LogP contribution is 2.26. The molecule has 2 atom stereocenters. The van der Waals surface area contributed by atoms with Crippen LogP contribution in [0.1, 0.15) is 38.1 Å². The van der Waals surface area contributed by atoms with Crippen LogP contribution in [0, 0.1) is 18.7 Å². The lowest BCUT2D eigenvalue weighted by atomic mass is 10.0. The Balaban J connectivity index is 2.47. The summed E-state index contributed by atoms with van der Waals surface area (Å²) in [6.45, 7) is 11.9. The second-order valence-electron chi connectivity index (χ2n) is 8.10. The van der Waals surface area contributed by atoms with Crippen LogP contribution in [-0.4, -0.2) is 46.8 Å². The quantitative estimate of drug-likeness (QED) is 0.406. The Bertz CT molecular complexity index is 1020. The molecule has 0 aliphatic rings. The number of imidazole rings is 1. The Kier molecular flexibility index (Phi) is 9.20. The molecule has 6 nitrogen and oxygen atoms in total. The largest absolute Gasteiger partial charge is 0.405 e. The normalized spacial score (nSPS) is 14.5. The van der Waals surface area contributed by atoms with Gasteiger partial charge in [0.1, 0.15) is 11.6 Å². The van der Waals surface area contributed by atoms with Crippen molar-refractivity contribution in [3.63, 3.8) is 0 Å². The van der Waals surface area contributed by atoms with Crippen molar-refractivity contribution >= 4 is 16.7 Å². The van der Waals surface area contributed by atoms with Crippen molar-refractivity contribution in [3.05, 3.63) is 66.0 Å². The summed E-state index contributed by atoms with van der Waals surface area (Å²) in [6, 6.07) is 2.96. The van der Waals surface area contributed by atoms with Gasteiger partial charge in [0.25, 0.3) is 0 Å². The van der Waals surface area contributed by atoms with Crippen LogP contribution in [0.4, 0.5) is 4.39 Å². The summed E-state index contributed by atoms with van der Waals surface area (Å²) in [5.74, 6) is 0.851. The molecule has 2 aromatic rings. The van der Waals surface area contributed by atoms with E-state index >= 15 is 0 Å². The molecule has 0 bridgehead atoms. The van der Waals surface area contributed by atoms with Crippen LogP contribution < -0.4 is 11.5 Å². The number of rotatable bonds is 11. The van der Waals surface area contributed by atoms with E-state index in [1.54, 1.807) is 19.2 Å². The lowest BCUT2D eigenvalue weighted by Crippen LogP contribution is -2.35. The molecular weight excluding hydrogens is 403 g/mol. The standard InChI is InChI=1S/C25H37FN6/c1-7-19(15-31(6)17(3)22(28)8-2)16-32-18(4)30-24-14-20(26)13-21(25(24)32)23(29-5)11-9-10-12-27/h9-14,19,22H,3,7-8,15-16,27-28H2,1-2,4-6H3/b11-9-,12-10+,29-23?. The molecule has 1 aromatic heterocycles. The van der Waals surface area contributed by atoms with Gasteiger partial charge in [-0.05, 0) is 50.1 Å². The number of aliphatic imine (C=N–C) groups is 1. The number of likely N-dealkylation sites (N-methyl/N-ethyl adjacent to an activating group) is 1. The zero-order chi connectivity index (χ0) is 23.8. The van der Waals surface area contributed by atoms with E-state index in [9.17, 15) is 4.39 Å². The molecule has 0 aliphatic heterocycles. The maximum Gasteiger partial charge on any atom is 0.126 e. The molecule has 0 amide bonds. The molecule has 7 heteroatoms. The van der Waals surface area contributed by atoms with Crippen LogP contribution in [0.2, 0.25) is 0 Å². The predicted molar refractivity (Wildman–Crippen MR) is 133 cm³/mol. The molecule has 1 heterocycles. The summed E-state index contributed by atoms with van der Waals surface area (Å²) < 4.78 is 16.6. The minimum Gasteiger partial charge on any atom is -0.405 e. The van der Waals surface area contributed by atoms with E-state index in [0.717, 1.165) is 43.0 Å². The molecular formula is C25H37FN6. The van der Waals surface area contributed by atoms with Crippen molar-refractivity contribution in [2.45, 2.75) is 46.2 Å². The predicted octanol–water partition coefficient (Wildman–Crippen LogP) is 4.14. The number of nitrogens with zero attached hydrogens (tertiary/aromatic N) is 4. The van der Waals surface area contributed by atoms with Crippen LogP contribution in [0.25, 0.3) is 11.0 Å². The molecule has 0 saturated carbocycles. The van der Waals surface area contributed by atoms with E-state index < -0.39 is 0 Å². The van der Waals surface area contributed by atoms with Gasteiger partial charge >= 0.3 is 0 Å². The summed E-state index contributed by atoms with van der Waals surface area (Å²) in [4.78, 5) is 11.2. The van der Waals surface area contributed by atoms with Crippen molar-refractivity contribution in [1.82, 2.24) is 14.5 Å². The third-order valence-electron chi connectivity index (χ3n) is 5.90. The van der Waals surface area contributed by atoms with Gasteiger partial charge in [-0.3, -0.25) is 4.99 Å². The molecule has 2 unspecified atom stereocenters. The number of halogens is 1. The number of hydrogen-bond acceptors (Lipinski definition) is 5. The van der Waals surface area contributed by atoms with Crippen LogP contribution in [-0.2, 0) is 6.54 Å². The summed E-state index contributed by atoms with van der Waals surface area (Å²) in [6.07, 6.45) is 8.60. The first kappa shape index (κ1) is 25.3. The number of allylic oxidation sites excluding steroid dienone is 3. The van der Waals surface area contributed by atoms with Crippen molar-refractivity contribution in [1.29, 1.82) is 0 Å². The first-order valence-corrected chi connectivity index (χ1v) is 11.1. The Morgan fingerprint density at radius 1 is 1.31 bits per heavy atom. The molecule has 32 heavy (non-hydrogen) atoms. The Hall–Kier alpha value is -2.93. The fraction of sp³-hybridized carbons (Fsp3) is 0.440. The van der Waals surface area contributed by atoms with E-state index in [1.807, 2.05) is 20.0 Å². The fourth-order valence-electron chi connectivity index (χ4n) is 3.86. The minimum absolute atomic E-state index is 0.0411. The van der Waals surface area contributed by atoms with Gasteiger partial charge in [-0.2, -0.15) is 0 Å². The average Bonchev–Trinajstić information content (AvgIpc) is 3.08. The highest BCUT2D eigenvalue weighted by atomic mass is 19.1. The Morgan fingerprint density at radius 2 is 2.03 bits per heavy atom. The Morgan fingerprint density at radius 3 is 2.62 bits per heavy atom. The SMILES string of the molecule is C=C(C(N)CC)N(C)CC(CC)Cn1c(C)nc2cc(F)cc(C(/C=C\C=C\N)=NC)c21. The van der Waals surface area contributed by atoms with Crippen LogP contribution >= 0.6 is 0 Å². The van der Waals surface area contributed by atoms with Gasteiger partial charge in [-0.1, -0.05) is 26.5 Å². The van der Waals surface area contributed by atoms with Gasteiger partial charge in [-0.25, -0.2) is 9.37 Å². The summed E-state index contributed by atoms with van der Waals surface area (Å²) in [5.41, 5.74) is 15.4. The highest BCUT2D eigenvalue weighted by Gasteiger charge is 2.20. The fourth-order valence-corrected chi connectivity index (χ4v) is 3.86. The van der Waals surface area contributed by atoms with E-state index in [4.69, 9.17) is 11.5 Å². The van der Waals surface area contributed by atoms with Gasteiger partial charge in [-0.15, -0.1) is 0 Å². The lowest BCUT2D eigenvalue weighted by molar-refractivity contribution is 0.286. The smallest absolute Gasteiger partial charge is 0.126 e. The van der Waals surface area contributed by atoms with Crippen molar-refractivity contribution in [2.24, 2.45) is 22.4 Å². The van der Waals surface area contributed by atoms with E-state index in [-0.39, 0.29) is 11.9 Å². The maximum absolute atomic E-state index is 14.4. The first-order chi connectivity index (χ1) is 15.3. The van der Waals surface area contributed by atoms with Crippen LogP contribution in [0.3, 0.4) is 0 Å². The molecule has 0 aliphatic carbocycles. The van der Waals surface area contributed by atoms with Gasteiger partial charge in [0.05, 0.1) is 16.7 Å². The van der Waals surface area contributed by atoms with E-state index in [0.29, 0.717) is 22.7 Å². The summed E-state index contributed by atoms with van der Waals surface area (Å²) in [5, 5.41) is 0. The number of hydrogen-bond donors (Lipinski definition) is 2. The maximum atomic E-state index is 14.4. The van der Waals surface area contributed by atoms with E-state index in [2.05, 4.69) is 39.9 Å². The molecule has 1 aromatic carbocycles. The zero-order valence-electron chi connectivity index (χ0n) is 20.0. The lowest BCUT2D eigenvalue weighted by Gasteiger charge is -2.30. The number of benzene rings is 1. The van der Waals surface area contributed by atoms with Gasteiger partial charge in [0.15, 0.2) is 0 Å². The second-order valence-corrected chi connectivity index (χ2v) is 8.10. The average molecular weight is 441 g/mol. The molecule has 174 valence electrons. The molecule has 2 rings (SSSR count). The number of aromatic nitrogens is 2. The molecule has 0 spiro atoms. The topological polar surface area (TPSA) is 85.5 Å². The van der Waals surface area contributed by atoms with Crippen molar-refractivity contribution in [2.75, 3.05) is 20.6 Å². The number of fused-ring (bicyclic) bond motifs is 1. The molecule has 0 fully saturated rings. The van der Waals surface area contributed by atoms with Crippen molar-refractivity contribution < 1.29 is 4.39 Å². The summed E-state index contributed by atoms with van der Waals surface area (Å²) >= 11 is 0. The first-order valence-electron chi connectivity index (χ1n) is 11.1. The third-order valence-corrected chi connectivity index (χ3v) is 5.90. The van der Waals surface area contributed by atoms with Crippen LogP contribution in [0.5, 0.6) is 0 Å². The molecule has 0 radical (unpaired) electrons. The molecule has 0 saturated heterocycles. The zero-order valence-corrected chi connectivity index (χ0v) is 20.0. The third kappa shape index (κ3) is 5.85. The highest BCUT2D eigenvalue weighted by molar-refractivity contribution is 6.15. The minimum atomic E-state index is -0.335.